The molecule has 1 aliphatic rings. The van der Waals surface area contributed by atoms with Crippen molar-refractivity contribution in [2.45, 2.75) is 6.92 Å². The van der Waals surface area contributed by atoms with E-state index in [4.69, 9.17) is 21.1 Å². The third-order valence-electron chi connectivity index (χ3n) is 3.87. The second-order valence-electron chi connectivity index (χ2n) is 5.53. The molecular weight excluding hydrogens is 436 g/mol. The van der Waals surface area contributed by atoms with Crippen LogP contribution in [-0.2, 0) is 9.59 Å². The van der Waals surface area contributed by atoms with Crippen LogP contribution in [0.1, 0.15) is 12.5 Å². The molecule has 3 rings (SSSR count). The van der Waals surface area contributed by atoms with E-state index >= 15 is 0 Å². The fourth-order valence-corrected chi connectivity index (χ4v) is 3.32. The maximum atomic E-state index is 12.7. The molecule has 1 aliphatic heterocycles. The van der Waals surface area contributed by atoms with E-state index in [-0.39, 0.29) is 5.57 Å². The average Bonchev–Trinajstić information content (AvgIpc) is 2.95. The second-order valence-corrected chi connectivity index (χ2v) is 6.70. The van der Waals surface area contributed by atoms with Crippen LogP contribution in [0.15, 0.2) is 46.4 Å². The summed E-state index contributed by atoms with van der Waals surface area (Å²) in [5.41, 5.74) is 3.64. The van der Waals surface area contributed by atoms with E-state index in [0.717, 1.165) is 0 Å². The number of hydrazine groups is 1. The number of rotatable bonds is 5. The molecule has 0 radical (unpaired) electrons. The van der Waals surface area contributed by atoms with Crippen molar-refractivity contribution >= 4 is 51.1 Å². The standard InChI is InChI=1S/C19H16BrClN2O4/c1-3-27-14-10-11(15(20)16(21)17(14)26-2)9-13-18(24)22-23(19(13)25)12-7-5-4-6-8-12/h4-10H,3H2,1-2H3,(H,22,24). The van der Waals surface area contributed by atoms with Gasteiger partial charge in [-0.15, -0.1) is 0 Å². The Balaban J connectivity index is 2.04. The van der Waals surface area contributed by atoms with Gasteiger partial charge in [0.15, 0.2) is 11.5 Å². The highest BCUT2D eigenvalue weighted by Gasteiger charge is 2.34. The SMILES string of the molecule is CCOc1cc(C=C2C(=O)NN(c3ccccc3)C2=O)c(Br)c(Cl)c1OC. The van der Waals surface area contributed by atoms with Gasteiger partial charge in [-0.25, -0.2) is 5.01 Å². The molecule has 0 spiro atoms. The lowest BCUT2D eigenvalue weighted by atomic mass is 10.1. The van der Waals surface area contributed by atoms with Crippen LogP contribution in [0.25, 0.3) is 6.08 Å². The number of anilines is 1. The van der Waals surface area contributed by atoms with E-state index in [1.54, 1.807) is 30.3 Å². The normalized spacial score (nSPS) is 15.3. The first-order valence-electron chi connectivity index (χ1n) is 8.08. The summed E-state index contributed by atoms with van der Waals surface area (Å²) in [6, 6.07) is 10.5. The predicted molar refractivity (Wildman–Crippen MR) is 107 cm³/mol. The molecule has 0 atom stereocenters. The average molecular weight is 452 g/mol. The lowest BCUT2D eigenvalue weighted by Gasteiger charge is -2.14. The van der Waals surface area contributed by atoms with Gasteiger partial charge in [-0.05, 0) is 52.7 Å². The molecule has 1 saturated heterocycles. The van der Waals surface area contributed by atoms with Gasteiger partial charge >= 0.3 is 0 Å². The van der Waals surface area contributed by atoms with Crippen LogP contribution in [0, 0.1) is 0 Å². The van der Waals surface area contributed by atoms with Gasteiger partial charge in [0.1, 0.15) is 10.6 Å². The Morgan fingerprint density at radius 2 is 1.96 bits per heavy atom. The molecule has 2 aromatic rings. The molecule has 0 saturated carbocycles. The zero-order chi connectivity index (χ0) is 19.6. The highest BCUT2D eigenvalue weighted by Crippen LogP contribution is 2.43. The van der Waals surface area contributed by atoms with Gasteiger partial charge in [0.25, 0.3) is 11.8 Å². The Labute approximate surface area is 169 Å². The van der Waals surface area contributed by atoms with Crippen molar-refractivity contribution in [2.24, 2.45) is 0 Å². The Morgan fingerprint density at radius 1 is 1.26 bits per heavy atom. The molecule has 8 heteroatoms. The van der Waals surface area contributed by atoms with Crippen LogP contribution in [0.5, 0.6) is 11.5 Å². The Hall–Kier alpha value is -2.51. The number of carbonyl (C=O) groups excluding carboxylic acids is 2. The summed E-state index contributed by atoms with van der Waals surface area (Å²) in [5.74, 6) is -0.157. The van der Waals surface area contributed by atoms with Crippen molar-refractivity contribution in [1.29, 1.82) is 0 Å². The predicted octanol–water partition coefficient (Wildman–Crippen LogP) is 3.97. The topological polar surface area (TPSA) is 67.9 Å². The fourth-order valence-electron chi connectivity index (χ4n) is 2.63. The monoisotopic (exact) mass is 450 g/mol. The third kappa shape index (κ3) is 3.65. The van der Waals surface area contributed by atoms with Gasteiger partial charge in [-0.2, -0.15) is 0 Å². The summed E-state index contributed by atoms with van der Waals surface area (Å²) in [6.45, 7) is 2.24. The number of amides is 2. The summed E-state index contributed by atoms with van der Waals surface area (Å²) < 4.78 is 11.3. The summed E-state index contributed by atoms with van der Waals surface area (Å²) in [4.78, 5) is 25.1. The minimum absolute atomic E-state index is 0.0109. The molecule has 0 unspecified atom stereocenters. The quantitative estimate of drug-likeness (QED) is 0.552. The van der Waals surface area contributed by atoms with Gasteiger partial charge in [0.2, 0.25) is 0 Å². The van der Waals surface area contributed by atoms with Gasteiger partial charge in [-0.1, -0.05) is 29.8 Å². The maximum Gasteiger partial charge on any atom is 0.282 e. The van der Waals surface area contributed by atoms with Crippen LogP contribution >= 0.6 is 27.5 Å². The first-order valence-corrected chi connectivity index (χ1v) is 9.26. The van der Waals surface area contributed by atoms with Gasteiger partial charge in [0.05, 0.1) is 19.4 Å². The number of hydrogen-bond acceptors (Lipinski definition) is 4. The third-order valence-corrected chi connectivity index (χ3v) is 5.31. The van der Waals surface area contributed by atoms with Gasteiger partial charge < -0.3 is 9.47 Å². The van der Waals surface area contributed by atoms with E-state index in [9.17, 15) is 9.59 Å². The van der Waals surface area contributed by atoms with Crippen molar-refractivity contribution in [2.75, 3.05) is 18.7 Å². The minimum atomic E-state index is -0.499. The first kappa shape index (κ1) is 19.3. The van der Waals surface area contributed by atoms with E-state index < -0.39 is 11.8 Å². The fraction of sp³-hybridized carbons (Fsp3) is 0.158. The van der Waals surface area contributed by atoms with Gasteiger partial charge in [0, 0.05) is 4.47 Å². The molecule has 6 nitrogen and oxygen atoms in total. The van der Waals surface area contributed by atoms with Crippen LogP contribution < -0.4 is 19.9 Å². The van der Waals surface area contributed by atoms with E-state index in [2.05, 4.69) is 21.4 Å². The summed E-state index contributed by atoms with van der Waals surface area (Å²) in [7, 11) is 1.49. The summed E-state index contributed by atoms with van der Waals surface area (Å²) in [5, 5.41) is 1.50. The molecular formula is C19H16BrClN2O4. The number of carbonyl (C=O) groups is 2. The molecule has 27 heavy (non-hydrogen) atoms. The zero-order valence-corrected chi connectivity index (χ0v) is 16.9. The number of halogens is 2. The number of benzene rings is 2. The van der Waals surface area contributed by atoms with E-state index in [0.29, 0.717) is 38.9 Å². The number of methoxy groups -OCH3 is 1. The highest BCUT2D eigenvalue weighted by molar-refractivity contribution is 9.10. The van der Waals surface area contributed by atoms with Gasteiger partial charge in [-0.3, -0.25) is 15.0 Å². The minimum Gasteiger partial charge on any atom is -0.491 e. The molecule has 1 heterocycles. The van der Waals surface area contributed by atoms with Crippen molar-refractivity contribution in [3.63, 3.8) is 0 Å². The van der Waals surface area contributed by atoms with Crippen LogP contribution in [0.2, 0.25) is 5.02 Å². The molecule has 1 fully saturated rings. The summed E-state index contributed by atoms with van der Waals surface area (Å²) >= 11 is 9.74. The Morgan fingerprint density at radius 3 is 2.59 bits per heavy atom. The lowest BCUT2D eigenvalue weighted by Crippen LogP contribution is -2.35. The molecule has 2 amide bonds. The largest absolute Gasteiger partial charge is 0.491 e. The zero-order valence-electron chi connectivity index (χ0n) is 14.6. The lowest BCUT2D eigenvalue weighted by molar-refractivity contribution is -0.117. The molecule has 0 bridgehead atoms. The van der Waals surface area contributed by atoms with Crippen molar-refractivity contribution in [1.82, 2.24) is 5.43 Å². The number of ether oxygens (including phenoxy) is 2. The molecule has 2 aromatic carbocycles. The van der Waals surface area contributed by atoms with Crippen molar-refractivity contribution < 1.29 is 19.1 Å². The highest BCUT2D eigenvalue weighted by atomic mass is 79.9. The number of nitrogens with zero attached hydrogens (tertiary/aromatic N) is 1. The van der Waals surface area contributed by atoms with E-state index in [1.807, 2.05) is 13.0 Å². The number of para-hydroxylation sites is 1. The molecule has 0 aliphatic carbocycles. The van der Waals surface area contributed by atoms with Crippen LogP contribution in [0.3, 0.4) is 0 Å². The molecule has 140 valence electrons. The maximum absolute atomic E-state index is 12.7. The Kier molecular flexibility index (Phi) is 5.72. The van der Waals surface area contributed by atoms with Crippen molar-refractivity contribution in [3.8, 4) is 11.5 Å². The first-order chi connectivity index (χ1) is 13.0. The molecule has 1 N–H and O–H groups in total. The second kappa shape index (κ2) is 8.02. The summed E-state index contributed by atoms with van der Waals surface area (Å²) in [6.07, 6.45) is 1.47. The van der Waals surface area contributed by atoms with E-state index in [1.165, 1.54) is 18.2 Å². The molecule has 0 aromatic heterocycles. The van der Waals surface area contributed by atoms with Crippen LogP contribution in [0.4, 0.5) is 5.69 Å². The smallest absolute Gasteiger partial charge is 0.282 e. The van der Waals surface area contributed by atoms with Crippen molar-refractivity contribution in [3.05, 3.63) is 57.0 Å². The number of hydrogen-bond donors (Lipinski definition) is 1. The van der Waals surface area contributed by atoms with Crippen LogP contribution in [-0.4, -0.2) is 25.5 Å². The Bertz CT molecular complexity index is 931. The number of nitrogens with one attached hydrogen (secondary N) is 1.